The highest BCUT2D eigenvalue weighted by Gasteiger charge is 2.42. The lowest BCUT2D eigenvalue weighted by Gasteiger charge is -2.18. The third-order valence-electron chi connectivity index (χ3n) is 7.25. The standard InChI is InChI=1S/C28H31N7O2/c1-16-12-19(27-32-34-35(4)33-27)13-17(2)26(16)22-7-5-6-21-20(22)8-9-24(21)31-25(15-29-3)30-11-10-18-14-23(18)28(36)37/h5-7,11-13,15,18,23-24,31H,3,8-10,14H2,1-2,4H3,(H,36,37)/b25-15+,30-11-/t18?,23-,24-/m1/s1. The number of nitrogens with one attached hydrogen (secondary N) is 1. The Hall–Kier alpha value is -4.14. The van der Waals surface area contributed by atoms with E-state index in [0.29, 0.717) is 18.1 Å². The highest BCUT2D eigenvalue weighted by Crippen LogP contribution is 2.42. The van der Waals surface area contributed by atoms with Crippen molar-refractivity contribution in [3.8, 4) is 22.5 Å². The minimum absolute atomic E-state index is 0.108. The Morgan fingerprint density at radius 1 is 1.30 bits per heavy atom. The number of hydrogen-bond acceptors (Lipinski definition) is 7. The summed E-state index contributed by atoms with van der Waals surface area (Å²) < 4.78 is 0. The van der Waals surface area contributed by atoms with Gasteiger partial charge in [0.05, 0.1) is 25.2 Å². The van der Waals surface area contributed by atoms with Gasteiger partial charge >= 0.3 is 5.97 Å². The zero-order valence-corrected chi connectivity index (χ0v) is 21.3. The van der Waals surface area contributed by atoms with Crippen LogP contribution in [0.5, 0.6) is 0 Å². The Balaban J connectivity index is 1.37. The number of tetrazole rings is 1. The largest absolute Gasteiger partial charge is 0.481 e. The van der Waals surface area contributed by atoms with Gasteiger partial charge in [-0.1, -0.05) is 18.2 Å². The fourth-order valence-corrected chi connectivity index (χ4v) is 5.43. The van der Waals surface area contributed by atoms with Crippen molar-refractivity contribution < 1.29 is 9.90 Å². The normalized spacial score (nSPS) is 20.7. The van der Waals surface area contributed by atoms with Crippen LogP contribution in [0, 0.1) is 25.7 Å². The number of carbonyl (C=O) groups is 1. The van der Waals surface area contributed by atoms with Crippen molar-refractivity contribution in [1.82, 2.24) is 25.5 Å². The van der Waals surface area contributed by atoms with Crippen LogP contribution in [-0.2, 0) is 18.3 Å². The molecule has 5 rings (SSSR count). The summed E-state index contributed by atoms with van der Waals surface area (Å²) in [6, 6.07) is 10.9. The molecule has 2 N–H and O–H groups in total. The van der Waals surface area contributed by atoms with Crippen molar-refractivity contribution in [2.24, 2.45) is 28.9 Å². The van der Waals surface area contributed by atoms with E-state index in [4.69, 9.17) is 5.11 Å². The Kier molecular flexibility index (Phi) is 6.69. The summed E-state index contributed by atoms with van der Waals surface area (Å²) in [6.45, 7) is 7.84. The molecule has 2 aliphatic carbocycles. The lowest BCUT2D eigenvalue weighted by atomic mass is 9.89. The highest BCUT2D eigenvalue weighted by molar-refractivity contribution is 5.78. The van der Waals surface area contributed by atoms with Gasteiger partial charge in [-0.25, -0.2) is 4.99 Å². The van der Waals surface area contributed by atoms with Crippen molar-refractivity contribution in [3.63, 3.8) is 0 Å². The van der Waals surface area contributed by atoms with Crippen LogP contribution in [0.1, 0.15) is 47.6 Å². The van der Waals surface area contributed by atoms with Gasteiger partial charge in [-0.15, -0.1) is 10.2 Å². The quantitative estimate of drug-likeness (QED) is 0.423. The second-order valence-corrected chi connectivity index (χ2v) is 9.88. The molecule has 0 bridgehead atoms. The number of nitrogens with zero attached hydrogens (tertiary/aromatic N) is 6. The first kappa shape index (κ1) is 24.5. The molecule has 0 amide bonds. The maximum atomic E-state index is 11.1. The van der Waals surface area contributed by atoms with Crippen LogP contribution in [-0.4, -0.2) is 44.2 Å². The molecule has 1 heterocycles. The number of aliphatic carboxylic acids is 1. The summed E-state index contributed by atoms with van der Waals surface area (Å²) in [5.41, 5.74) is 8.40. The molecule has 3 aromatic rings. The number of carboxylic acids is 1. The summed E-state index contributed by atoms with van der Waals surface area (Å²) in [7, 11) is 1.77. The third-order valence-corrected chi connectivity index (χ3v) is 7.25. The van der Waals surface area contributed by atoms with Gasteiger partial charge in [0, 0.05) is 11.8 Å². The molecule has 2 aliphatic rings. The SMILES string of the molecule is C=N/C=C(\N=C/CC1C[C@H]1C(=O)O)N[C@@H]1CCc2c(-c3c(C)cc(-c4nnn(C)n4)cc3C)cccc21. The van der Waals surface area contributed by atoms with E-state index in [1.54, 1.807) is 19.5 Å². The number of aliphatic imine (C=N–C) groups is 2. The first-order valence-corrected chi connectivity index (χ1v) is 12.5. The van der Waals surface area contributed by atoms with E-state index in [2.05, 4.69) is 81.6 Å². The maximum Gasteiger partial charge on any atom is 0.306 e. The van der Waals surface area contributed by atoms with Gasteiger partial charge in [0.2, 0.25) is 5.82 Å². The Bertz CT molecular complexity index is 1400. The molecule has 9 heteroatoms. The average Bonchev–Trinajstić information content (AvgIpc) is 3.32. The molecule has 1 saturated carbocycles. The lowest BCUT2D eigenvalue weighted by molar-refractivity contribution is -0.138. The van der Waals surface area contributed by atoms with E-state index in [1.165, 1.54) is 38.2 Å². The summed E-state index contributed by atoms with van der Waals surface area (Å²) in [5.74, 6) is 0.487. The smallest absolute Gasteiger partial charge is 0.306 e. The summed E-state index contributed by atoms with van der Waals surface area (Å²) in [5, 5.41) is 25.1. The predicted molar refractivity (Wildman–Crippen MR) is 143 cm³/mol. The van der Waals surface area contributed by atoms with Crippen molar-refractivity contribution in [2.45, 2.75) is 45.6 Å². The molecule has 37 heavy (non-hydrogen) atoms. The van der Waals surface area contributed by atoms with Crippen LogP contribution in [0.4, 0.5) is 0 Å². The predicted octanol–water partition coefficient (Wildman–Crippen LogP) is 4.42. The number of rotatable bonds is 9. The Morgan fingerprint density at radius 3 is 2.73 bits per heavy atom. The third kappa shape index (κ3) is 5.07. The molecule has 190 valence electrons. The van der Waals surface area contributed by atoms with Crippen molar-refractivity contribution in [3.05, 3.63) is 64.6 Å². The Labute approximate surface area is 216 Å². The molecule has 1 unspecified atom stereocenters. The minimum Gasteiger partial charge on any atom is -0.481 e. The van der Waals surface area contributed by atoms with E-state index in [1.807, 2.05) is 0 Å². The van der Waals surface area contributed by atoms with E-state index in [0.717, 1.165) is 24.8 Å². The molecular weight excluding hydrogens is 466 g/mol. The number of aromatic nitrogens is 4. The molecule has 9 nitrogen and oxygen atoms in total. The van der Waals surface area contributed by atoms with E-state index in [-0.39, 0.29) is 17.9 Å². The minimum atomic E-state index is -0.719. The van der Waals surface area contributed by atoms with Gasteiger partial charge < -0.3 is 10.4 Å². The molecule has 0 radical (unpaired) electrons. The molecule has 3 atom stereocenters. The molecule has 1 fully saturated rings. The Morgan fingerprint density at radius 2 is 2.08 bits per heavy atom. The maximum absolute atomic E-state index is 11.1. The number of hydrogen-bond donors (Lipinski definition) is 2. The number of benzene rings is 2. The van der Waals surface area contributed by atoms with Gasteiger partial charge in [-0.3, -0.25) is 9.79 Å². The van der Waals surface area contributed by atoms with Crippen molar-refractivity contribution >= 4 is 18.9 Å². The first-order valence-electron chi connectivity index (χ1n) is 12.5. The van der Waals surface area contributed by atoms with Crippen LogP contribution in [0.3, 0.4) is 0 Å². The van der Waals surface area contributed by atoms with Crippen LogP contribution in [0.25, 0.3) is 22.5 Å². The summed E-state index contributed by atoms with van der Waals surface area (Å²) in [6.07, 6.45) is 6.69. The average molecular weight is 498 g/mol. The monoisotopic (exact) mass is 497 g/mol. The summed E-state index contributed by atoms with van der Waals surface area (Å²) >= 11 is 0. The van der Waals surface area contributed by atoms with Gasteiger partial charge in [-0.2, -0.15) is 4.80 Å². The molecule has 1 aromatic heterocycles. The van der Waals surface area contributed by atoms with Crippen LogP contribution in [0.15, 0.2) is 52.3 Å². The zero-order valence-electron chi connectivity index (χ0n) is 21.3. The lowest BCUT2D eigenvalue weighted by Crippen LogP contribution is -2.17. The van der Waals surface area contributed by atoms with E-state index < -0.39 is 5.97 Å². The van der Waals surface area contributed by atoms with Gasteiger partial charge in [0.25, 0.3) is 0 Å². The first-order chi connectivity index (χ1) is 17.9. The van der Waals surface area contributed by atoms with Gasteiger partial charge in [-0.05, 0) is 103 Å². The van der Waals surface area contributed by atoms with Crippen molar-refractivity contribution in [1.29, 1.82) is 0 Å². The van der Waals surface area contributed by atoms with Crippen LogP contribution in [0.2, 0.25) is 0 Å². The fourth-order valence-electron chi connectivity index (χ4n) is 5.43. The molecule has 0 aliphatic heterocycles. The number of fused-ring (bicyclic) bond motifs is 1. The highest BCUT2D eigenvalue weighted by atomic mass is 16.4. The van der Waals surface area contributed by atoms with Crippen molar-refractivity contribution in [2.75, 3.05) is 0 Å². The van der Waals surface area contributed by atoms with Crippen LogP contribution >= 0.6 is 0 Å². The van der Waals surface area contributed by atoms with Gasteiger partial charge in [0.15, 0.2) is 0 Å². The topological polar surface area (TPSA) is 118 Å². The zero-order chi connectivity index (χ0) is 26.1. The molecule has 2 aromatic carbocycles. The number of aryl methyl sites for hydroxylation is 3. The molecule has 0 spiro atoms. The van der Waals surface area contributed by atoms with E-state index in [9.17, 15) is 4.79 Å². The van der Waals surface area contributed by atoms with Crippen LogP contribution < -0.4 is 5.32 Å². The second-order valence-electron chi connectivity index (χ2n) is 9.88. The molecule has 0 saturated heterocycles. The number of carboxylic acid groups (broad SMARTS) is 1. The fraction of sp³-hybridized carbons (Fsp3) is 0.357. The molecular formula is C28H31N7O2. The summed E-state index contributed by atoms with van der Waals surface area (Å²) in [4.78, 5) is 21.0. The second kappa shape index (κ2) is 10.1. The van der Waals surface area contributed by atoms with Gasteiger partial charge in [0.1, 0.15) is 5.82 Å². The van der Waals surface area contributed by atoms with E-state index >= 15 is 0 Å².